The van der Waals surface area contributed by atoms with Gasteiger partial charge in [-0.2, -0.15) is 0 Å². The predicted molar refractivity (Wildman–Crippen MR) is 54.5 cm³/mol. The smallest absolute Gasteiger partial charge is 0.302 e. The van der Waals surface area contributed by atoms with Crippen molar-refractivity contribution >= 4 is 22.4 Å². The maximum Gasteiger partial charge on any atom is 0.302 e. The van der Waals surface area contributed by atoms with Crippen LogP contribution in [0, 0.1) is 0 Å². The summed E-state index contributed by atoms with van der Waals surface area (Å²) in [6.45, 7) is 3.14. The topological polar surface area (TPSA) is 42.4 Å². The van der Waals surface area contributed by atoms with Crippen molar-refractivity contribution in [2.45, 2.75) is 19.4 Å². The summed E-state index contributed by atoms with van der Waals surface area (Å²) in [6, 6.07) is 0. The summed E-state index contributed by atoms with van der Waals surface area (Å²) in [7, 11) is 0. The Morgan fingerprint density at radius 1 is 1.79 bits per heavy atom. The van der Waals surface area contributed by atoms with Crippen molar-refractivity contribution in [1.82, 2.24) is 4.98 Å². The van der Waals surface area contributed by atoms with E-state index in [-0.39, 0.29) is 12.1 Å². The molecule has 4 nitrogen and oxygen atoms in total. The van der Waals surface area contributed by atoms with Crippen LogP contribution in [-0.4, -0.2) is 30.1 Å². The normalized spacial score (nSPS) is 21.2. The zero-order chi connectivity index (χ0) is 9.97. The Morgan fingerprint density at radius 2 is 2.64 bits per heavy atom. The van der Waals surface area contributed by atoms with E-state index in [1.54, 1.807) is 17.5 Å². The largest absolute Gasteiger partial charge is 0.461 e. The molecule has 0 N–H and O–H groups in total. The molecule has 0 amide bonds. The fraction of sp³-hybridized carbons (Fsp3) is 0.556. The van der Waals surface area contributed by atoms with Gasteiger partial charge in [0.1, 0.15) is 6.10 Å². The number of ether oxygens (including phenoxy) is 1. The molecule has 0 radical (unpaired) electrons. The van der Waals surface area contributed by atoms with Crippen LogP contribution in [0.1, 0.15) is 13.3 Å². The molecule has 1 unspecified atom stereocenters. The summed E-state index contributed by atoms with van der Waals surface area (Å²) in [5.74, 6) is -0.198. The van der Waals surface area contributed by atoms with Gasteiger partial charge in [0, 0.05) is 31.5 Å². The number of nitrogens with zero attached hydrogens (tertiary/aromatic N) is 2. The van der Waals surface area contributed by atoms with Gasteiger partial charge in [0.05, 0.1) is 6.54 Å². The van der Waals surface area contributed by atoms with Crippen LogP contribution < -0.4 is 4.90 Å². The molecule has 0 aliphatic carbocycles. The lowest BCUT2D eigenvalue weighted by molar-refractivity contribution is -0.145. The molecule has 1 atom stereocenters. The zero-order valence-corrected chi connectivity index (χ0v) is 8.79. The standard InChI is InChI=1S/C9H12N2O2S/c1-7(12)13-8-2-4-11(6-8)9-10-3-5-14-9/h3,5,8H,2,4,6H2,1H3. The SMILES string of the molecule is CC(=O)OC1CCN(c2nccs2)C1. The summed E-state index contributed by atoms with van der Waals surface area (Å²) < 4.78 is 5.14. The van der Waals surface area contributed by atoms with Gasteiger partial charge >= 0.3 is 5.97 Å². The van der Waals surface area contributed by atoms with Crippen molar-refractivity contribution in [2.24, 2.45) is 0 Å². The maximum atomic E-state index is 10.7. The Labute approximate surface area is 86.5 Å². The van der Waals surface area contributed by atoms with Crippen molar-refractivity contribution in [1.29, 1.82) is 0 Å². The minimum atomic E-state index is -0.198. The molecule has 0 bridgehead atoms. The second-order valence-corrected chi connectivity index (χ2v) is 4.15. The lowest BCUT2D eigenvalue weighted by Crippen LogP contribution is -2.23. The molecule has 1 fully saturated rings. The maximum absolute atomic E-state index is 10.7. The number of carbonyl (C=O) groups excluding carboxylic acids is 1. The summed E-state index contributed by atoms with van der Waals surface area (Å²) in [5, 5.41) is 2.97. The molecule has 2 rings (SSSR count). The number of aromatic nitrogens is 1. The van der Waals surface area contributed by atoms with E-state index in [1.165, 1.54) is 6.92 Å². The Hall–Kier alpha value is -1.10. The van der Waals surface area contributed by atoms with E-state index in [0.717, 1.165) is 24.6 Å². The highest BCUT2D eigenvalue weighted by molar-refractivity contribution is 7.13. The minimum Gasteiger partial charge on any atom is -0.461 e. The van der Waals surface area contributed by atoms with Gasteiger partial charge in [0.2, 0.25) is 0 Å². The highest BCUT2D eigenvalue weighted by Gasteiger charge is 2.25. The molecule has 0 saturated carbocycles. The molecule has 5 heteroatoms. The third kappa shape index (κ3) is 2.04. The average molecular weight is 212 g/mol. The lowest BCUT2D eigenvalue weighted by Gasteiger charge is -2.14. The van der Waals surface area contributed by atoms with Gasteiger partial charge < -0.3 is 9.64 Å². The molecule has 1 aromatic rings. The van der Waals surface area contributed by atoms with Crippen LogP contribution in [0.4, 0.5) is 5.13 Å². The van der Waals surface area contributed by atoms with E-state index in [0.29, 0.717) is 0 Å². The molecule has 2 heterocycles. The van der Waals surface area contributed by atoms with Gasteiger partial charge in [-0.25, -0.2) is 4.98 Å². The van der Waals surface area contributed by atoms with Crippen LogP contribution in [0.25, 0.3) is 0 Å². The molecule has 1 saturated heterocycles. The third-order valence-corrected chi connectivity index (χ3v) is 3.00. The van der Waals surface area contributed by atoms with E-state index in [4.69, 9.17) is 4.74 Å². The molecule has 0 aromatic carbocycles. The number of rotatable bonds is 2. The van der Waals surface area contributed by atoms with Gasteiger partial charge in [-0.15, -0.1) is 11.3 Å². The Morgan fingerprint density at radius 3 is 3.29 bits per heavy atom. The van der Waals surface area contributed by atoms with E-state index in [1.807, 2.05) is 5.38 Å². The molecule has 76 valence electrons. The van der Waals surface area contributed by atoms with Crippen molar-refractivity contribution < 1.29 is 9.53 Å². The molecular weight excluding hydrogens is 200 g/mol. The average Bonchev–Trinajstić information content (AvgIpc) is 2.69. The Balaban J connectivity index is 1.92. The molecular formula is C9H12N2O2S. The molecule has 1 aliphatic heterocycles. The van der Waals surface area contributed by atoms with Crippen molar-refractivity contribution in [3.8, 4) is 0 Å². The fourth-order valence-electron chi connectivity index (χ4n) is 1.60. The first-order valence-corrected chi connectivity index (χ1v) is 5.45. The molecule has 1 aliphatic rings. The highest BCUT2D eigenvalue weighted by atomic mass is 32.1. The first kappa shape index (κ1) is 9.45. The number of hydrogen-bond acceptors (Lipinski definition) is 5. The number of carbonyl (C=O) groups is 1. The van der Waals surface area contributed by atoms with E-state index < -0.39 is 0 Å². The number of thiazole rings is 1. The number of hydrogen-bond donors (Lipinski definition) is 0. The van der Waals surface area contributed by atoms with Gasteiger partial charge in [0.15, 0.2) is 5.13 Å². The summed E-state index contributed by atoms with van der Waals surface area (Å²) in [4.78, 5) is 17.1. The Kier molecular flexibility index (Phi) is 2.67. The predicted octanol–water partition coefficient (Wildman–Crippen LogP) is 1.28. The highest BCUT2D eigenvalue weighted by Crippen LogP contribution is 2.23. The second-order valence-electron chi connectivity index (χ2n) is 3.28. The number of esters is 1. The van der Waals surface area contributed by atoms with Gasteiger partial charge in [-0.3, -0.25) is 4.79 Å². The van der Waals surface area contributed by atoms with Crippen LogP contribution in [0.5, 0.6) is 0 Å². The van der Waals surface area contributed by atoms with E-state index in [9.17, 15) is 4.79 Å². The van der Waals surface area contributed by atoms with Crippen LogP contribution >= 0.6 is 11.3 Å². The summed E-state index contributed by atoms with van der Waals surface area (Å²) in [5.41, 5.74) is 0. The van der Waals surface area contributed by atoms with Crippen LogP contribution in [0.3, 0.4) is 0 Å². The fourth-order valence-corrected chi connectivity index (χ4v) is 2.28. The monoisotopic (exact) mass is 212 g/mol. The molecule has 1 aromatic heterocycles. The minimum absolute atomic E-state index is 0.0383. The summed E-state index contributed by atoms with van der Waals surface area (Å²) in [6.07, 6.45) is 2.73. The van der Waals surface area contributed by atoms with Gasteiger partial charge in [-0.05, 0) is 0 Å². The summed E-state index contributed by atoms with van der Waals surface area (Å²) >= 11 is 1.62. The first-order valence-electron chi connectivity index (χ1n) is 4.57. The van der Waals surface area contributed by atoms with Gasteiger partial charge in [0.25, 0.3) is 0 Å². The van der Waals surface area contributed by atoms with Crippen molar-refractivity contribution in [3.05, 3.63) is 11.6 Å². The van der Waals surface area contributed by atoms with Crippen LogP contribution in [0.15, 0.2) is 11.6 Å². The van der Waals surface area contributed by atoms with Crippen molar-refractivity contribution in [3.63, 3.8) is 0 Å². The van der Waals surface area contributed by atoms with Crippen molar-refractivity contribution in [2.75, 3.05) is 18.0 Å². The first-order chi connectivity index (χ1) is 6.75. The van der Waals surface area contributed by atoms with Crippen LogP contribution in [-0.2, 0) is 9.53 Å². The number of anilines is 1. The van der Waals surface area contributed by atoms with E-state index in [2.05, 4.69) is 9.88 Å². The molecule has 14 heavy (non-hydrogen) atoms. The molecule has 0 spiro atoms. The van der Waals surface area contributed by atoms with Crippen LogP contribution in [0.2, 0.25) is 0 Å². The lowest BCUT2D eigenvalue weighted by atomic mass is 10.3. The zero-order valence-electron chi connectivity index (χ0n) is 7.97. The quantitative estimate of drug-likeness (QED) is 0.693. The van der Waals surface area contributed by atoms with Gasteiger partial charge in [-0.1, -0.05) is 0 Å². The third-order valence-electron chi connectivity index (χ3n) is 2.17. The Bertz CT molecular complexity index is 313. The second kappa shape index (κ2) is 3.96. The van der Waals surface area contributed by atoms with E-state index >= 15 is 0 Å².